The SMILES string of the molecule is Cc1cccn2c(=O)cc(CN3CC(C)CC(C)C3)nc12. The molecule has 2 unspecified atom stereocenters. The third kappa shape index (κ3) is 3.00. The molecule has 2 atom stereocenters. The molecule has 0 N–H and O–H groups in total. The van der Waals surface area contributed by atoms with E-state index >= 15 is 0 Å². The Hall–Kier alpha value is -1.68. The number of pyridine rings is 1. The highest BCUT2D eigenvalue weighted by Crippen LogP contribution is 2.22. The van der Waals surface area contributed by atoms with E-state index in [1.54, 1.807) is 16.7 Å². The fraction of sp³-hybridized carbons (Fsp3) is 0.529. The summed E-state index contributed by atoms with van der Waals surface area (Å²) in [4.78, 5) is 19.4. The summed E-state index contributed by atoms with van der Waals surface area (Å²) in [6.45, 7) is 9.56. The van der Waals surface area contributed by atoms with E-state index in [2.05, 4.69) is 18.7 Å². The van der Waals surface area contributed by atoms with Crippen molar-refractivity contribution in [3.63, 3.8) is 0 Å². The molecule has 2 aromatic rings. The molecule has 0 spiro atoms. The van der Waals surface area contributed by atoms with Gasteiger partial charge in [-0.3, -0.25) is 14.1 Å². The van der Waals surface area contributed by atoms with Crippen LogP contribution in [0.25, 0.3) is 5.65 Å². The largest absolute Gasteiger partial charge is 0.297 e. The zero-order valence-corrected chi connectivity index (χ0v) is 13.0. The van der Waals surface area contributed by atoms with Crippen molar-refractivity contribution in [2.45, 2.75) is 33.7 Å². The van der Waals surface area contributed by atoms with Gasteiger partial charge in [0.2, 0.25) is 0 Å². The highest BCUT2D eigenvalue weighted by Gasteiger charge is 2.22. The molecule has 0 amide bonds. The smallest absolute Gasteiger partial charge is 0.258 e. The fourth-order valence-electron chi connectivity index (χ4n) is 3.54. The topological polar surface area (TPSA) is 37.6 Å². The lowest BCUT2D eigenvalue weighted by Gasteiger charge is -2.34. The number of hydrogen-bond donors (Lipinski definition) is 0. The summed E-state index contributed by atoms with van der Waals surface area (Å²) in [5.41, 5.74) is 2.71. The van der Waals surface area contributed by atoms with Crippen molar-refractivity contribution in [3.8, 4) is 0 Å². The Morgan fingerprint density at radius 1 is 1.29 bits per heavy atom. The quantitative estimate of drug-likeness (QED) is 0.850. The molecule has 1 fully saturated rings. The minimum Gasteiger partial charge on any atom is -0.297 e. The molecule has 3 heterocycles. The molecular weight excluding hydrogens is 262 g/mol. The van der Waals surface area contributed by atoms with Gasteiger partial charge in [0.05, 0.1) is 5.69 Å². The number of nitrogens with zero attached hydrogens (tertiary/aromatic N) is 3. The van der Waals surface area contributed by atoms with Gasteiger partial charge in [-0.2, -0.15) is 0 Å². The Labute approximate surface area is 125 Å². The lowest BCUT2D eigenvalue weighted by molar-refractivity contribution is 0.133. The summed E-state index contributed by atoms with van der Waals surface area (Å²) < 4.78 is 1.63. The molecule has 1 aliphatic rings. The van der Waals surface area contributed by atoms with Gasteiger partial charge in [0, 0.05) is 31.9 Å². The van der Waals surface area contributed by atoms with Gasteiger partial charge in [-0.05, 0) is 36.8 Å². The zero-order valence-electron chi connectivity index (χ0n) is 13.0. The number of hydrogen-bond acceptors (Lipinski definition) is 3. The van der Waals surface area contributed by atoms with Gasteiger partial charge in [-0.15, -0.1) is 0 Å². The summed E-state index contributed by atoms with van der Waals surface area (Å²) in [7, 11) is 0. The Morgan fingerprint density at radius 3 is 2.71 bits per heavy atom. The van der Waals surface area contributed by atoms with E-state index in [9.17, 15) is 4.79 Å². The standard InChI is InChI=1S/C17H23N3O/c1-12-7-13(2)10-19(9-12)11-15-8-16(21)20-6-4-5-14(3)17(20)18-15/h4-6,8,12-13H,7,9-11H2,1-3H3. The van der Waals surface area contributed by atoms with Crippen molar-refractivity contribution < 1.29 is 0 Å². The predicted octanol–water partition coefficient (Wildman–Crippen LogP) is 2.48. The van der Waals surface area contributed by atoms with E-state index in [-0.39, 0.29) is 5.56 Å². The molecule has 0 radical (unpaired) electrons. The number of fused-ring (bicyclic) bond motifs is 1. The van der Waals surface area contributed by atoms with Crippen molar-refractivity contribution in [3.05, 3.63) is 46.0 Å². The van der Waals surface area contributed by atoms with Gasteiger partial charge >= 0.3 is 0 Å². The Bertz CT molecular complexity index is 697. The molecule has 4 nitrogen and oxygen atoms in total. The molecule has 1 aliphatic heterocycles. The first-order chi connectivity index (χ1) is 10.0. The van der Waals surface area contributed by atoms with Gasteiger partial charge in [0.15, 0.2) is 0 Å². The molecule has 21 heavy (non-hydrogen) atoms. The summed E-state index contributed by atoms with van der Waals surface area (Å²) in [5, 5.41) is 0. The minimum atomic E-state index is 0.0109. The van der Waals surface area contributed by atoms with Crippen LogP contribution in [0.5, 0.6) is 0 Å². The van der Waals surface area contributed by atoms with E-state index < -0.39 is 0 Å². The molecule has 4 heteroatoms. The summed E-state index contributed by atoms with van der Waals surface area (Å²) in [5.74, 6) is 1.44. The van der Waals surface area contributed by atoms with Crippen LogP contribution in [0.3, 0.4) is 0 Å². The van der Waals surface area contributed by atoms with Crippen LogP contribution >= 0.6 is 0 Å². The Balaban J connectivity index is 1.91. The number of likely N-dealkylation sites (tertiary alicyclic amines) is 1. The van der Waals surface area contributed by atoms with Crippen molar-refractivity contribution in [2.75, 3.05) is 13.1 Å². The van der Waals surface area contributed by atoms with Gasteiger partial charge in [-0.25, -0.2) is 4.98 Å². The van der Waals surface area contributed by atoms with E-state index in [0.29, 0.717) is 0 Å². The average molecular weight is 285 g/mol. The summed E-state index contributed by atoms with van der Waals surface area (Å²) in [6.07, 6.45) is 3.08. The van der Waals surface area contributed by atoms with Crippen LogP contribution in [0, 0.1) is 18.8 Å². The van der Waals surface area contributed by atoms with E-state index in [4.69, 9.17) is 4.98 Å². The van der Waals surface area contributed by atoms with Crippen LogP contribution in [0.2, 0.25) is 0 Å². The van der Waals surface area contributed by atoms with Gasteiger partial charge in [-0.1, -0.05) is 19.9 Å². The number of aryl methyl sites for hydroxylation is 1. The third-order valence-electron chi connectivity index (χ3n) is 4.27. The van der Waals surface area contributed by atoms with Gasteiger partial charge < -0.3 is 0 Å². The first-order valence-electron chi connectivity index (χ1n) is 7.73. The maximum absolute atomic E-state index is 12.2. The van der Waals surface area contributed by atoms with E-state index in [1.807, 2.05) is 19.1 Å². The van der Waals surface area contributed by atoms with Crippen LogP contribution in [-0.4, -0.2) is 27.4 Å². The second kappa shape index (κ2) is 5.60. The van der Waals surface area contributed by atoms with Crippen LogP contribution in [-0.2, 0) is 6.54 Å². The fourth-order valence-corrected chi connectivity index (χ4v) is 3.54. The highest BCUT2D eigenvalue weighted by atomic mass is 16.1. The predicted molar refractivity (Wildman–Crippen MR) is 84.4 cm³/mol. The molecule has 0 aliphatic carbocycles. The highest BCUT2D eigenvalue weighted by molar-refractivity contribution is 5.46. The third-order valence-corrected chi connectivity index (χ3v) is 4.27. The van der Waals surface area contributed by atoms with Crippen LogP contribution < -0.4 is 5.56 Å². The molecule has 3 rings (SSSR count). The first-order valence-corrected chi connectivity index (χ1v) is 7.73. The van der Waals surface area contributed by atoms with Crippen LogP contribution in [0.15, 0.2) is 29.2 Å². The van der Waals surface area contributed by atoms with Crippen molar-refractivity contribution in [1.29, 1.82) is 0 Å². The van der Waals surface area contributed by atoms with E-state index in [0.717, 1.165) is 48.4 Å². The molecule has 0 saturated carbocycles. The maximum atomic E-state index is 12.2. The lowest BCUT2D eigenvalue weighted by atomic mass is 9.92. The second-order valence-corrected chi connectivity index (χ2v) is 6.61. The van der Waals surface area contributed by atoms with E-state index in [1.165, 1.54) is 6.42 Å². The van der Waals surface area contributed by atoms with Gasteiger partial charge in [0.25, 0.3) is 5.56 Å². The molecule has 0 bridgehead atoms. The molecule has 112 valence electrons. The summed E-state index contributed by atoms with van der Waals surface area (Å²) >= 11 is 0. The second-order valence-electron chi connectivity index (χ2n) is 6.61. The van der Waals surface area contributed by atoms with Crippen molar-refractivity contribution in [1.82, 2.24) is 14.3 Å². The monoisotopic (exact) mass is 285 g/mol. The zero-order chi connectivity index (χ0) is 15.0. The lowest BCUT2D eigenvalue weighted by Crippen LogP contribution is -2.38. The van der Waals surface area contributed by atoms with Crippen LogP contribution in [0.4, 0.5) is 0 Å². The number of piperidine rings is 1. The van der Waals surface area contributed by atoms with Crippen LogP contribution in [0.1, 0.15) is 31.5 Å². The minimum absolute atomic E-state index is 0.0109. The van der Waals surface area contributed by atoms with Crippen molar-refractivity contribution >= 4 is 5.65 Å². The molecule has 0 aromatic carbocycles. The number of aromatic nitrogens is 2. The van der Waals surface area contributed by atoms with Gasteiger partial charge in [0.1, 0.15) is 5.65 Å². The normalized spacial score (nSPS) is 23.6. The Morgan fingerprint density at radius 2 is 2.00 bits per heavy atom. The maximum Gasteiger partial charge on any atom is 0.258 e. The Kier molecular flexibility index (Phi) is 3.81. The molecule has 2 aromatic heterocycles. The molecular formula is C17H23N3O. The number of rotatable bonds is 2. The first kappa shape index (κ1) is 14.3. The molecule has 1 saturated heterocycles. The average Bonchev–Trinajstić information content (AvgIpc) is 2.39. The van der Waals surface area contributed by atoms with Crippen molar-refractivity contribution in [2.24, 2.45) is 11.8 Å². The summed E-state index contributed by atoms with van der Waals surface area (Å²) in [6, 6.07) is 5.56.